The molecule has 2 fully saturated rings. The van der Waals surface area contributed by atoms with Crippen LogP contribution in [-0.2, 0) is 28.7 Å². The van der Waals surface area contributed by atoms with Gasteiger partial charge in [-0.05, 0) is 69.5 Å². The highest BCUT2D eigenvalue weighted by molar-refractivity contribution is 7.99. The second kappa shape index (κ2) is 21.3. The number of ether oxygens (including phenoxy) is 2. The number of carbonyl (C=O) groups excluding carboxylic acids is 4. The summed E-state index contributed by atoms with van der Waals surface area (Å²) >= 11 is 0.882. The largest absolute Gasteiger partial charge is 0.468 e. The maximum Gasteiger partial charge on any atom is 0.324 e. The fraction of sp³-hybridized carbons (Fsp3) is 0.333. The monoisotopic (exact) mass is 904 g/mol. The first-order valence-electron chi connectivity index (χ1n) is 21.2. The van der Waals surface area contributed by atoms with Crippen LogP contribution in [0.1, 0.15) is 61.8 Å². The van der Waals surface area contributed by atoms with Gasteiger partial charge < -0.3 is 29.9 Å². The van der Waals surface area contributed by atoms with Crippen LogP contribution in [0.25, 0.3) is 34.4 Å². The van der Waals surface area contributed by atoms with Crippen molar-refractivity contribution in [2.75, 3.05) is 53.5 Å². The van der Waals surface area contributed by atoms with Gasteiger partial charge in [-0.3, -0.25) is 39.4 Å². The van der Waals surface area contributed by atoms with Crippen LogP contribution in [0.15, 0.2) is 94.7 Å². The van der Waals surface area contributed by atoms with Crippen molar-refractivity contribution >= 4 is 59.0 Å². The van der Waals surface area contributed by atoms with E-state index >= 15 is 0 Å². The molecule has 2 unspecified atom stereocenters. The Balaban J connectivity index is 1.49. The fourth-order valence-electron chi connectivity index (χ4n) is 8.15. The highest BCUT2D eigenvalue weighted by Crippen LogP contribution is 2.50. The van der Waals surface area contributed by atoms with E-state index in [1.165, 1.54) is 60.5 Å². The number of hydrogen-bond acceptors (Lipinski definition) is 13. The molecule has 4 aromatic rings. The highest BCUT2D eigenvalue weighted by Gasteiger charge is 2.33. The van der Waals surface area contributed by atoms with Gasteiger partial charge in [-0.2, -0.15) is 0 Å². The smallest absolute Gasteiger partial charge is 0.324 e. The molecule has 16 nitrogen and oxygen atoms in total. The van der Waals surface area contributed by atoms with E-state index in [1.54, 1.807) is 36.4 Å². The Morgan fingerprint density at radius 1 is 0.646 bits per heavy atom. The van der Waals surface area contributed by atoms with Crippen LogP contribution in [0.2, 0.25) is 0 Å². The Labute approximate surface area is 381 Å². The number of nitro benzene ring substituents is 2. The van der Waals surface area contributed by atoms with Crippen molar-refractivity contribution in [2.24, 2.45) is 0 Å². The molecule has 2 heterocycles. The van der Waals surface area contributed by atoms with E-state index in [1.807, 2.05) is 52.0 Å². The molecule has 65 heavy (non-hydrogen) atoms. The Morgan fingerprint density at radius 3 is 1.38 bits per heavy atom. The number of nitrogens with zero attached hydrogens (tertiary/aromatic N) is 4. The number of methoxy groups -OCH3 is 2. The molecule has 2 N–H and O–H groups in total. The molecule has 17 heteroatoms. The first-order valence-corrected chi connectivity index (χ1v) is 22.0. The van der Waals surface area contributed by atoms with Crippen molar-refractivity contribution in [2.45, 2.75) is 61.4 Å². The number of carbonyl (C=O) groups is 4. The molecule has 0 bridgehead atoms. The molecule has 6 rings (SSSR count). The van der Waals surface area contributed by atoms with Gasteiger partial charge in [-0.1, -0.05) is 100 Å². The molecule has 0 aliphatic carbocycles. The summed E-state index contributed by atoms with van der Waals surface area (Å²) in [5.41, 5.74) is 3.34. The van der Waals surface area contributed by atoms with Crippen LogP contribution in [-0.4, -0.2) is 109 Å². The average Bonchev–Trinajstić information content (AvgIpc) is 3.31. The van der Waals surface area contributed by atoms with E-state index in [0.717, 1.165) is 22.9 Å². The zero-order valence-electron chi connectivity index (χ0n) is 37.1. The summed E-state index contributed by atoms with van der Waals surface area (Å²) in [6.07, 6.45) is 5.69. The molecule has 4 aromatic carbocycles. The van der Waals surface area contributed by atoms with Crippen molar-refractivity contribution in [1.82, 2.24) is 20.4 Å². The minimum Gasteiger partial charge on any atom is -0.468 e. The van der Waals surface area contributed by atoms with E-state index in [0.29, 0.717) is 48.4 Å². The van der Waals surface area contributed by atoms with E-state index in [4.69, 9.17) is 9.47 Å². The van der Waals surface area contributed by atoms with E-state index < -0.39 is 45.7 Å². The minimum absolute atomic E-state index is 0.0605. The molecule has 2 aliphatic rings. The summed E-state index contributed by atoms with van der Waals surface area (Å²) in [6.45, 7) is 9.43. The van der Waals surface area contributed by atoms with Crippen LogP contribution in [0.4, 0.5) is 11.4 Å². The van der Waals surface area contributed by atoms with Crippen LogP contribution in [0.5, 0.6) is 0 Å². The zero-order valence-corrected chi connectivity index (χ0v) is 37.9. The lowest BCUT2D eigenvalue weighted by Gasteiger charge is -2.31. The number of esters is 2. The molecule has 2 saturated heterocycles. The third-order valence-corrected chi connectivity index (χ3v) is 12.5. The minimum atomic E-state index is -0.701. The molecule has 340 valence electrons. The van der Waals surface area contributed by atoms with Crippen LogP contribution in [0, 0.1) is 20.2 Å². The normalized spacial score (nSPS) is 16.6. The van der Waals surface area contributed by atoms with Gasteiger partial charge in [0.1, 0.15) is 12.1 Å². The Bertz CT molecular complexity index is 2380. The summed E-state index contributed by atoms with van der Waals surface area (Å²) in [6, 6.07) is 19.5. The summed E-state index contributed by atoms with van der Waals surface area (Å²) < 4.78 is 9.73. The maximum atomic E-state index is 13.5. The third kappa shape index (κ3) is 10.8. The molecule has 0 aromatic heterocycles. The van der Waals surface area contributed by atoms with Crippen LogP contribution in [0.3, 0.4) is 0 Å². The third-order valence-electron chi connectivity index (χ3n) is 11.4. The summed E-state index contributed by atoms with van der Waals surface area (Å²) in [4.78, 5) is 80.7. The quantitative estimate of drug-likeness (QED) is 0.0557. The lowest BCUT2D eigenvalue weighted by molar-refractivity contribution is -0.387. The van der Waals surface area contributed by atoms with Gasteiger partial charge in [0.25, 0.3) is 11.4 Å². The molecule has 0 saturated carbocycles. The summed E-state index contributed by atoms with van der Waals surface area (Å²) in [5, 5.41) is 32.9. The number of rotatable bonds is 14. The number of nitrogens with one attached hydrogen (secondary N) is 2. The molecular weight excluding hydrogens is 853 g/mol. The molecule has 0 radical (unpaired) electrons. The zero-order chi connectivity index (χ0) is 46.9. The SMILES string of the molecule is COC(=O)C1CN(C(=O)/C=C/c2ccc(Sc3ccc(/C=C/C(=O)N4CCNC(C(=O)OC)C4)c(-c4ccccc4C(C)C)c3[N+](=O)[O-])c([N+](=O)[O-])c2-c2ccccc2C(C)C)CCN1. The Hall–Kier alpha value is -6.69. The first kappa shape index (κ1) is 47.8. The molecule has 2 aliphatic heterocycles. The van der Waals surface area contributed by atoms with Gasteiger partial charge in [0, 0.05) is 51.4 Å². The number of amides is 2. The van der Waals surface area contributed by atoms with Gasteiger partial charge in [0.15, 0.2) is 0 Å². The Morgan fingerprint density at radius 2 is 1.03 bits per heavy atom. The molecular formula is C48H52N6O10S. The summed E-state index contributed by atoms with van der Waals surface area (Å²) in [5.74, 6) is -1.91. The second-order valence-corrected chi connectivity index (χ2v) is 17.2. The van der Waals surface area contributed by atoms with Crippen molar-refractivity contribution < 1.29 is 38.5 Å². The van der Waals surface area contributed by atoms with Crippen molar-refractivity contribution in [3.05, 3.63) is 127 Å². The van der Waals surface area contributed by atoms with Crippen LogP contribution < -0.4 is 10.6 Å². The number of benzene rings is 4. The average molecular weight is 905 g/mol. The summed E-state index contributed by atoms with van der Waals surface area (Å²) in [7, 11) is 2.55. The van der Waals surface area contributed by atoms with Crippen LogP contribution >= 0.6 is 11.8 Å². The fourth-order valence-corrected chi connectivity index (χ4v) is 9.21. The van der Waals surface area contributed by atoms with Gasteiger partial charge >= 0.3 is 11.9 Å². The van der Waals surface area contributed by atoms with Gasteiger partial charge in [-0.15, -0.1) is 0 Å². The van der Waals surface area contributed by atoms with E-state index in [9.17, 15) is 39.4 Å². The second-order valence-electron chi connectivity index (χ2n) is 16.1. The lowest BCUT2D eigenvalue weighted by Crippen LogP contribution is -2.55. The molecule has 2 amide bonds. The number of nitro groups is 2. The topological polar surface area (TPSA) is 204 Å². The first-order chi connectivity index (χ1) is 31.1. The lowest BCUT2D eigenvalue weighted by atomic mass is 9.89. The van der Waals surface area contributed by atoms with Crippen molar-refractivity contribution in [1.29, 1.82) is 0 Å². The predicted octanol–water partition coefficient (Wildman–Crippen LogP) is 7.21. The number of hydrogen-bond donors (Lipinski definition) is 2. The van der Waals surface area contributed by atoms with E-state index in [-0.39, 0.29) is 57.2 Å². The number of piperazine rings is 2. The standard InChI is InChI=1S/C48H52N6O10S/c1-29(2)33-11-7-9-13-35(33)43-31(17-21-41(55)51-25-23-49-37(27-51)47(57)63-5)15-19-39(45(43)53(59)60)65-40-20-16-32(18-22-42(56)52-26-24-50-38(28-52)48(58)64-6)44(46(40)54(61)62)36-14-10-8-12-34(36)30(3)4/h7-22,29-30,37-38,49-50H,23-28H2,1-6H3/b21-17+,22-18+. The van der Waals surface area contributed by atoms with Gasteiger partial charge in [0.2, 0.25) is 11.8 Å². The van der Waals surface area contributed by atoms with Gasteiger partial charge in [0.05, 0.1) is 45.0 Å². The van der Waals surface area contributed by atoms with Crippen molar-refractivity contribution in [3.8, 4) is 22.3 Å². The predicted molar refractivity (Wildman–Crippen MR) is 248 cm³/mol. The molecule has 2 atom stereocenters. The van der Waals surface area contributed by atoms with Crippen molar-refractivity contribution in [3.63, 3.8) is 0 Å². The highest BCUT2D eigenvalue weighted by atomic mass is 32.2. The maximum absolute atomic E-state index is 13.5. The molecule has 0 spiro atoms. The Kier molecular flexibility index (Phi) is 15.7. The van der Waals surface area contributed by atoms with Gasteiger partial charge in [-0.25, -0.2) is 0 Å². The van der Waals surface area contributed by atoms with E-state index in [2.05, 4.69) is 10.6 Å².